The fraction of sp³-hybridized carbons (Fsp3) is 0.444. The molecule has 1 saturated heterocycles. The summed E-state index contributed by atoms with van der Waals surface area (Å²) < 4.78 is 0. The molecule has 0 radical (unpaired) electrons. The van der Waals surface area contributed by atoms with Gasteiger partial charge in [-0.05, 0) is 37.6 Å². The maximum absolute atomic E-state index is 10.4. The van der Waals surface area contributed by atoms with Crippen LogP contribution in [0.3, 0.4) is 0 Å². The number of aromatic nitrogens is 2. The van der Waals surface area contributed by atoms with Gasteiger partial charge in [-0.1, -0.05) is 30.3 Å². The molecule has 3 rings (SSSR count). The summed E-state index contributed by atoms with van der Waals surface area (Å²) in [5, 5.41) is 18.6. The zero-order chi connectivity index (χ0) is 16.1. The van der Waals surface area contributed by atoms with Crippen molar-refractivity contribution in [2.75, 3.05) is 31.6 Å². The summed E-state index contributed by atoms with van der Waals surface area (Å²) in [4.78, 5) is 4.54. The first-order valence-electron chi connectivity index (χ1n) is 8.20. The highest BCUT2D eigenvalue weighted by Crippen LogP contribution is 2.24. The molecule has 23 heavy (non-hydrogen) atoms. The first-order valence-corrected chi connectivity index (χ1v) is 8.20. The third-order valence-electron chi connectivity index (χ3n) is 4.42. The SMILES string of the molecule is CN(C[C@@H]1CCCN1c1cccnn1)C[C@H](O)c1ccccc1. The lowest BCUT2D eigenvalue weighted by atomic mass is 10.1. The van der Waals surface area contributed by atoms with E-state index in [4.69, 9.17) is 0 Å². The Hall–Kier alpha value is -1.98. The number of rotatable bonds is 6. The molecule has 5 nitrogen and oxygen atoms in total. The quantitative estimate of drug-likeness (QED) is 0.885. The molecule has 0 saturated carbocycles. The van der Waals surface area contributed by atoms with Crippen LogP contribution < -0.4 is 4.90 Å². The number of hydrogen-bond donors (Lipinski definition) is 1. The monoisotopic (exact) mass is 312 g/mol. The van der Waals surface area contributed by atoms with Gasteiger partial charge in [-0.25, -0.2) is 0 Å². The van der Waals surface area contributed by atoms with E-state index in [0.29, 0.717) is 12.6 Å². The summed E-state index contributed by atoms with van der Waals surface area (Å²) in [6.07, 6.45) is 3.59. The first kappa shape index (κ1) is 15.9. The normalized spacial score (nSPS) is 19.3. The minimum absolute atomic E-state index is 0.430. The number of benzene rings is 1. The van der Waals surface area contributed by atoms with Gasteiger partial charge in [0.05, 0.1) is 6.10 Å². The molecule has 5 heteroatoms. The van der Waals surface area contributed by atoms with E-state index in [0.717, 1.165) is 30.9 Å². The highest BCUT2D eigenvalue weighted by Gasteiger charge is 2.27. The molecule has 122 valence electrons. The van der Waals surface area contributed by atoms with Gasteiger partial charge in [-0.2, -0.15) is 5.10 Å². The summed E-state index contributed by atoms with van der Waals surface area (Å²) in [6.45, 7) is 2.58. The minimum atomic E-state index is -0.451. The van der Waals surface area contributed by atoms with Crippen LogP contribution in [0.5, 0.6) is 0 Å². The summed E-state index contributed by atoms with van der Waals surface area (Å²) in [6, 6.07) is 14.2. The molecule has 1 fully saturated rings. The van der Waals surface area contributed by atoms with Crippen molar-refractivity contribution in [1.29, 1.82) is 0 Å². The third-order valence-corrected chi connectivity index (χ3v) is 4.42. The molecule has 1 aromatic carbocycles. The second-order valence-electron chi connectivity index (χ2n) is 6.22. The lowest BCUT2D eigenvalue weighted by Crippen LogP contribution is -2.40. The second-order valence-corrected chi connectivity index (χ2v) is 6.22. The van der Waals surface area contributed by atoms with Gasteiger partial charge in [0.1, 0.15) is 0 Å². The predicted octanol–water partition coefficient (Wildman–Crippen LogP) is 2.11. The molecule has 1 aliphatic rings. The van der Waals surface area contributed by atoms with Crippen LogP contribution in [0, 0.1) is 0 Å². The Labute approximate surface area is 137 Å². The lowest BCUT2D eigenvalue weighted by molar-refractivity contribution is 0.124. The van der Waals surface area contributed by atoms with Gasteiger partial charge in [-0.15, -0.1) is 5.10 Å². The molecule has 2 atom stereocenters. The molecule has 0 bridgehead atoms. The molecule has 0 spiro atoms. The maximum atomic E-state index is 10.4. The average molecular weight is 312 g/mol. The van der Waals surface area contributed by atoms with Crippen LogP contribution in [0.1, 0.15) is 24.5 Å². The van der Waals surface area contributed by atoms with Crippen molar-refractivity contribution in [3.63, 3.8) is 0 Å². The Balaban J connectivity index is 1.58. The molecule has 1 aliphatic heterocycles. The fourth-order valence-corrected chi connectivity index (χ4v) is 3.28. The van der Waals surface area contributed by atoms with E-state index >= 15 is 0 Å². The van der Waals surface area contributed by atoms with Crippen molar-refractivity contribution in [3.05, 3.63) is 54.2 Å². The van der Waals surface area contributed by atoms with E-state index in [1.165, 1.54) is 6.42 Å². The van der Waals surface area contributed by atoms with E-state index < -0.39 is 6.10 Å². The van der Waals surface area contributed by atoms with Crippen molar-refractivity contribution in [2.24, 2.45) is 0 Å². The third kappa shape index (κ3) is 4.06. The Morgan fingerprint density at radius 2 is 2.09 bits per heavy atom. The Morgan fingerprint density at radius 3 is 2.83 bits per heavy atom. The van der Waals surface area contributed by atoms with E-state index in [1.807, 2.05) is 42.5 Å². The van der Waals surface area contributed by atoms with Crippen molar-refractivity contribution in [2.45, 2.75) is 25.0 Å². The Kier molecular flexibility index (Phi) is 5.20. The molecule has 1 aromatic heterocycles. The van der Waals surface area contributed by atoms with Crippen molar-refractivity contribution < 1.29 is 5.11 Å². The van der Waals surface area contributed by atoms with E-state index in [-0.39, 0.29) is 0 Å². The second kappa shape index (κ2) is 7.53. The van der Waals surface area contributed by atoms with Crippen LogP contribution in [-0.4, -0.2) is 52.9 Å². The zero-order valence-electron chi connectivity index (χ0n) is 13.5. The average Bonchev–Trinajstić information content (AvgIpc) is 3.04. The van der Waals surface area contributed by atoms with Gasteiger partial charge in [-0.3, -0.25) is 0 Å². The van der Waals surface area contributed by atoms with Crippen molar-refractivity contribution in [1.82, 2.24) is 15.1 Å². The number of aliphatic hydroxyl groups excluding tert-OH is 1. The number of aliphatic hydroxyl groups is 1. The molecule has 0 amide bonds. The smallest absolute Gasteiger partial charge is 0.151 e. The summed E-state index contributed by atoms with van der Waals surface area (Å²) in [5.74, 6) is 0.951. The van der Waals surface area contributed by atoms with E-state index in [1.54, 1.807) is 6.20 Å². The van der Waals surface area contributed by atoms with Gasteiger partial charge in [0.15, 0.2) is 5.82 Å². The topological polar surface area (TPSA) is 52.5 Å². The number of anilines is 1. The molecule has 0 aliphatic carbocycles. The highest BCUT2D eigenvalue weighted by atomic mass is 16.3. The van der Waals surface area contributed by atoms with Gasteiger partial charge in [0.25, 0.3) is 0 Å². The summed E-state index contributed by atoms with van der Waals surface area (Å²) >= 11 is 0. The van der Waals surface area contributed by atoms with Gasteiger partial charge in [0, 0.05) is 31.9 Å². The van der Waals surface area contributed by atoms with E-state index in [9.17, 15) is 5.11 Å². The molecule has 1 N–H and O–H groups in total. The first-order chi connectivity index (χ1) is 11.2. The van der Waals surface area contributed by atoms with Gasteiger partial charge < -0.3 is 14.9 Å². The van der Waals surface area contributed by atoms with Crippen molar-refractivity contribution >= 4 is 5.82 Å². The summed E-state index contributed by atoms with van der Waals surface area (Å²) in [5.41, 5.74) is 0.969. The lowest BCUT2D eigenvalue weighted by Gasteiger charge is -2.30. The predicted molar refractivity (Wildman–Crippen MR) is 91.3 cm³/mol. The largest absolute Gasteiger partial charge is 0.387 e. The maximum Gasteiger partial charge on any atom is 0.151 e. The zero-order valence-corrected chi connectivity index (χ0v) is 13.5. The van der Waals surface area contributed by atoms with E-state index in [2.05, 4.69) is 27.0 Å². The van der Waals surface area contributed by atoms with Crippen LogP contribution in [0.2, 0.25) is 0 Å². The summed E-state index contributed by atoms with van der Waals surface area (Å²) in [7, 11) is 2.07. The highest BCUT2D eigenvalue weighted by molar-refractivity contribution is 5.39. The van der Waals surface area contributed by atoms with Crippen molar-refractivity contribution in [3.8, 4) is 0 Å². The van der Waals surface area contributed by atoms with Crippen LogP contribution in [0.15, 0.2) is 48.7 Å². The number of hydrogen-bond acceptors (Lipinski definition) is 5. The minimum Gasteiger partial charge on any atom is -0.387 e. The Morgan fingerprint density at radius 1 is 1.26 bits per heavy atom. The molecular formula is C18H24N4O. The number of likely N-dealkylation sites (N-methyl/N-ethyl adjacent to an activating group) is 1. The fourth-order valence-electron chi connectivity index (χ4n) is 3.28. The van der Waals surface area contributed by atoms with Crippen LogP contribution >= 0.6 is 0 Å². The molecule has 2 aromatic rings. The molecule has 2 heterocycles. The Bertz CT molecular complexity index is 592. The van der Waals surface area contributed by atoms with Crippen LogP contribution in [0.25, 0.3) is 0 Å². The molecule has 0 unspecified atom stereocenters. The standard InChI is InChI=1S/C18H24N4O/c1-21(14-17(23)15-7-3-2-4-8-15)13-16-9-6-12-22(16)18-10-5-11-19-20-18/h2-5,7-8,10-11,16-17,23H,6,9,12-14H2,1H3/t16-,17-/m0/s1. The van der Waals surface area contributed by atoms with Crippen LogP contribution in [0.4, 0.5) is 5.82 Å². The van der Waals surface area contributed by atoms with Gasteiger partial charge in [0.2, 0.25) is 0 Å². The molecular weight excluding hydrogens is 288 g/mol. The number of nitrogens with zero attached hydrogens (tertiary/aromatic N) is 4. The van der Waals surface area contributed by atoms with Gasteiger partial charge >= 0.3 is 0 Å². The van der Waals surface area contributed by atoms with Crippen LogP contribution in [-0.2, 0) is 0 Å².